The van der Waals surface area contributed by atoms with Gasteiger partial charge in [-0.1, -0.05) is 18.2 Å². The summed E-state index contributed by atoms with van der Waals surface area (Å²) < 4.78 is 10.2. The SMILES string of the molecule is COc1ccccc1CNc1ccc(OC)c([N+](=O)[O-])c1. The van der Waals surface area contributed by atoms with Crippen molar-refractivity contribution in [2.24, 2.45) is 0 Å². The second-order valence-corrected chi connectivity index (χ2v) is 4.31. The van der Waals surface area contributed by atoms with Crippen molar-refractivity contribution >= 4 is 11.4 Å². The molecular formula is C15H16N2O4. The van der Waals surface area contributed by atoms with E-state index in [1.807, 2.05) is 24.3 Å². The highest BCUT2D eigenvalue weighted by molar-refractivity contribution is 5.58. The van der Waals surface area contributed by atoms with Gasteiger partial charge in [-0.05, 0) is 18.2 Å². The van der Waals surface area contributed by atoms with Gasteiger partial charge in [-0.2, -0.15) is 0 Å². The molecule has 110 valence electrons. The summed E-state index contributed by atoms with van der Waals surface area (Å²) in [5, 5.41) is 14.1. The molecule has 6 heteroatoms. The van der Waals surface area contributed by atoms with Crippen LogP contribution in [0.15, 0.2) is 42.5 Å². The third kappa shape index (κ3) is 3.42. The van der Waals surface area contributed by atoms with Gasteiger partial charge in [0, 0.05) is 23.9 Å². The third-order valence-corrected chi connectivity index (χ3v) is 3.05. The van der Waals surface area contributed by atoms with Crippen LogP contribution in [-0.2, 0) is 6.54 Å². The largest absolute Gasteiger partial charge is 0.496 e. The summed E-state index contributed by atoms with van der Waals surface area (Å²) in [6, 6.07) is 12.4. The minimum atomic E-state index is -0.465. The van der Waals surface area contributed by atoms with Crippen LogP contribution >= 0.6 is 0 Å². The Labute approximate surface area is 122 Å². The number of methoxy groups -OCH3 is 2. The number of rotatable bonds is 6. The average Bonchev–Trinajstić information content (AvgIpc) is 2.52. The summed E-state index contributed by atoms with van der Waals surface area (Å²) in [6.45, 7) is 0.507. The second kappa shape index (κ2) is 6.60. The maximum Gasteiger partial charge on any atom is 0.312 e. The minimum Gasteiger partial charge on any atom is -0.496 e. The molecule has 0 aliphatic rings. The molecule has 0 aliphatic carbocycles. The molecule has 0 unspecified atom stereocenters. The van der Waals surface area contributed by atoms with Gasteiger partial charge < -0.3 is 14.8 Å². The molecule has 2 rings (SSSR count). The lowest BCUT2D eigenvalue weighted by molar-refractivity contribution is -0.385. The standard InChI is InChI=1S/C15H16N2O4/c1-20-14-6-4-3-5-11(14)10-16-12-7-8-15(21-2)13(9-12)17(18)19/h3-9,16H,10H2,1-2H3. The fourth-order valence-electron chi connectivity index (χ4n) is 1.99. The zero-order valence-corrected chi connectivity index (χ0v) is 11.8. The Kier molecular flexibility index (Phi) is 4.61. The first kappa shape index (κ1) is 14.6. The van der Waals surface area contributed by atoms with Crippen LogP contribution in [0.4, 0.5) is 11.4 Å². The van der Waals surface area contributed by atoms with Crippen LogP contribution in [0.2, 0.25) is 0 Å². The molecule has 0 saturated heterocycles. The number of nitrogens with one attached hydrogen (secondary N) is 1. The number of hydrogen-bond donors (Lipinski definition) is 1. The molecule has 21 heavy (non-hydrogen) atoms. The molecule has 2 aromatic carbocycles. The minimum absolute atomic E-state index is 0.0671. The van der Waals surface area contributed by atoms with Crippen LogP contribution in [0.25, 0.3) is 0 Å². The lowest BCUT2D eigenvalue weighted by Gasteiger charge is -2.11. The maximum absolute atomic E-state index is 11.0. The first-order valence-corrected chi connectivity index (χ1v) is 6.34. The van der Waals surface area contributed by atoms with Gasteiger partial charge in [0.1, 0.15) is 5.75 Å². The quantitative estimate of drug-likeness (QED) is 0.652. The number of nitrogens with zero attached hydrogens (tertiary/aromatic N) is 1. The number of nitro benzene ring substituents is 1. The smallest absolute Gasteiger partial charge is 0.312 e. The van der Waals surface area contributed by atoms with E-state index in [9.17, 15) is 10.1 Å². The van der Waals surface area contributed by atoms with E-state index < -0.39 is 4.92 Å². The van der Waals surface area contributed by atoms with E-state index in [1.165, 1.54) is 13.2 Å². The van der Waals surface area contributed by atoms with Crippen LogP contribution in [0.1, 0.15) is 5.56 Å². The number of para-hydroxylation sites is 1. The van der Waals surface area contributed by atoms with Crippen molar-refractivity contribution in [3.63, 3.8) is 0 Å². The number of ether oxygens (including phenoxy) is 2. The molecular weight excluding hydrogens is 272 g/mol. The van der Waals surface area contributed by atoms with Gasteiger partial charge in [-0.3, -0.25) is 10.1 Å². The lowest BCUT2D eigenvalue weighted by atomic mass is 10.2. The number of hydrogen-bond acceptors (Lipinski definition) is 5. The van der Waals surface area contributed by atoms with Crippen molar-refractivity contribution in [3.8, 4) is 11.5 Å². The zero-order chi connectivity index (χ0) is 15.2. The Morgan fingerprint density at radius 2 is 1.81 bits per heavy atom. The average molecular weight is 288 g/mol. The van der Waals surface area contributed by atoms with Gasteiger partial charge in [0.05, 0.1) is 19.1 Å². The van der Waals surface area contributed by atoms with Gasteiger partial charge in [-0.25, -0.2) is 0 Å². The van der Waals surface area contributed by atoms with E-state index in [0.29, 0.717) is 12.2 Å². The molecule has 0 radical (unpaired) electrons. The van der Waals surface area contributed by atoms with Gasteiger partial charge in [-0.15, -0.1) is 0 Å². The molecule has 0 aromatic heterocycles. The number of benzene rings is 2. The number of anilines is 1. The van der Waals surface area contributed by atoms with Gasteiger partial charge in [0.2, 0.25) is 0 Å². The molecule has 0 spiro atoms. The molecule has 0 atom stereocenters. The van der Waals surface area contributed by atoms with Gasteiger partial charge >= 0.3 is 5.69 Å². The first-order chi connectivity index (χ1) is 10.2. The summed E-state index contributed by atoms with van der Waals surface area (Å²) in [4.78, 5) is 10.5. The van der Waals surface area contributed by atoms with Crippen LogP contribution < -0.4 is 14.8 Å². The van der Waals surface area contributed by atoms with E-state index in [4.69, 9.17) is 9.47 Å². The highest BCUT2D eigenvalue weighted by Crippen LogP contribution is 2.30. The Morgan fingerprint density at radius 3 is 2.48 bits per heavy atom. The van der Waals surface area contributed by atoms with E-state index in [1.54, 1.807) is 19.2 Å². The van der Waals surface area contributed by atoms with Crippen molar-refractivity contribution in [1.82, 2.24) is 0 Å². The fourth-order valence-corrected chi connectivity index (χ4v) is 1.99. The molecule has 0 aliphatic heterocycles. The van der Waals surface area contributed by atoms with Crippen LogP contribution in [0, 0.1) is 10.1 Å². The van der Waals surface area contributed by atoms with E-state index in [2.05, 4.69) is 5.32 Å². The molecule has 0 heterocycles. The van der Waals surface area contributed by atoms with E-state index in [0.717, 1.165) is 11.3 Å². The fraction of sp³-hybridized carbons (Fsp3) is 0.200. The summed E-state index contributed by atoms with van der Waals surface area (Å²) in [6.07, 6.45) is 0. The summed E-state index contributed by atoms with van der Waals surface area (Å²) in [7, 11) is 3.02. The van der Waals surface area contributed by atoms with Crippen LogP contribution in [-0.4, -0.2) is 19.1 Å². The summed E-state index contributed by atoms with van der Waals surface area (Å²) >= 11 is 0. The third-order valence-electron chi connectivity index (χ3n) is 3.05. The topological polar surface area (TPSA) is 73.6 Å². The Balaban J connectivity index is 2.17. The zero-order valence-electron chi connectivity index (χ0n) is 11.8. The van der Waals surface area contributed by atoms with Crippen molar-refractivity contribution in [1.29, 1.82) is 0 Å². The van der Waals surface area contributed by atoms with Crippen molar-refractivity contribution in [2.45, 2.75) is 6.54 Å². The predicted octanol–water partition coefficient (Wildman–Crippen LogP) is 3.22. The molecule has 6 nitrogen and oxygen atoms in total. The monoisotopic (exact) mass is 288 g/mol. The van der Waals surface area contributed by atoms with Crippen molar-refractivity contribution in [3.05, 3.63) is 58.1 Å². The summed E-state index contributed by atoms with van der Waals surface area (Å²) in [5.41, 5.74) is 1.55. The first-order valence-electron chi connectivity index (χ1n) is 6.34. The molecule has 0 amide bonds. The normalized spacial score (nSPS) is 10.0. The van der Waals surface area contributed by atoms with Crippen molar-refractivity contribution in [2.75, 3.05) is 19.5 Å². The predicted molar refractivity (Wildman–Crippen MR) is 80.0 cm³/mol. The Morgan fingerprint density at radius 1 is 1.10 bits per heavy atom. The Bertz CT molecular complexity index is 643. The second-order valence-electron chi connectivity index (χ2n) is 4.31. The molecule has 0 saturated carbocycles. The highest BCUT2D eigenvalue weighted by Gasteiger charge is 2.15. The highest BCUT2D eigenvalue weighted by atomic mass is 16.6. The lowest BCUT2D eigenvalue weighted by Crippen LogP contribution is -2.02. The van der Waals surface area contributed by atoms with Crippen LogP contribution in [0.5, 0.6) is 11.5 Å². The van der Waals surface area contributed by atoms with E-state index in [-0.39, 0.29) is 11.4 Å². The van der Waals surface area contributed by atoms with E-state index >= 15 is 0 Å². The van der Waals surface area contributed by atoms with Gasteiger partial charge in [0.15, 0.2) is 5.75 Å². The van der Waals surface area contributed by atoms with Crippen molar-refractivity contribution < 1.29 is 14.4 Å². The molecule has 0 fully saturated rings. The van der Waals surface area contributed by atoms with Gasteiger partial charge in [0.25, 0.3) is 0 Å². The van der Waals surface area contributed by atoms with Crippen LogP contribution in [0.3, 0.4) is 0 Å². The number of nitro groups is 1. The summed E-state index contributed by atoms with van der Waals surface area (Å²) in [5.74, 6) is 1.01. The maximum atomic E-state index is 11.0. The molecule has 1 N–H and O–H groups in total. The Hall–Kier alpha value is -2.76. The molecule has 2 aromatic rings. The molecule has 0 bridgehead atoms.